The summed E-state index contributed by atoms with van der Waals surface area (Å²) >= 11 is 0. The number of likely N-dealkylation sites (N-methyl/N-ethyl adjacent to an activating group) is 1. The third-order valence-electron chi connectivity index (χ3n) is 3.78. The van der Waals surface area contributed by atoms with Gasteiger partial charge in [0.25, 0.3) is 0 Å². The summed E-state index contributed by atoms with van der Waals surface area (Å²) in [5.41, 5.74) is 0.859. The van der Waals surface area contributed by atoms with Crippen LogP contribution in [0.1, 0.15) is 18.4 Å². The Labute approximate surface area is 113 Å². The number of rotatable bonds is 3. The number of likely N-dealkylation sites (tertiary alicyclic amines) is 1. The highest BCUT2D eigenvalue weighted by molar-refractivity contribution is 5.51. The Morgan fingerprint density at radius 3 is 2.95 bits per heavy atom. The van der Waals surface area contributed by atoms with Crippen molar-refractivity contribution in [2.45, 2.75) is 25.4 Å². The maximum absolute atomic E-state index is 9.97. The fraction of sp³-hybridized carbons (Fsp3) is 0.571. The minimum atomic E-state index is 0.235. The van der Waals surface area contributed by atoms with Gasteiger partial charge >= 0.3 is 0 Å². The van der Waals surface area contributed by atoms with E-state index in [0.717, 1.165) is 17.9 Å². The summed E-state index contributed by atoms with van der Waals surface area (Å²) in [6.07, 6.45) is 2.41. The number of hydrogen-bond donors (Lipinski definition) is 2. The van der Waals surface area contributed by atoms with Crippen LogP contribution in [0, 0.1) is 0 Å². The zero-order chi connectivity index (χ0) is 13.2. The molecule has 0 radical (unpaired) electrons. The van der Waals surface area contributed by atoms with E-state index in [1.54, 1.807) is 6.07 Å². The maximum atomic E-state index is 9.97. The molecule has 1 aromatic carbocycles. The molecule has 2 aliphatic rings. The molecular weight excluding hydrogens is 244 g/mol. The average Bonchev–Trinajstić information content (AvgIpc) is 2.83. The normalized spacial score (nSPS) is 22.7. The van der Waals surface area contributed by atoms with Crippen molar-refractivity contribution < 1.29 is 14.6 Å². The number of nitrogens with one attached hydrogen (secondary N) is 1. The van der Waals surface area contributed by atoms with Crippen LogP contribution in [-0.4, -0.2) is 43.0 Å². The summed E-state index contributed by atoms with van der Waals surface area (Å²) in [5.74, 6) is 1.61. The fourth-order valence-corrected chi connectivity index (χ4v) is 2.70. The predicted molar refractivity (Wildman–Crippen MR) is 71.6 cm³/mol. The Balaban J connectivity index is 1.63. The van der Waals surface area contributed by atoms with Crippen LogP contribution >= 0.6 is 0 Å². The van der Waals surface area contributed by atoms with Crippen molar-refractivity contribution in [3.8, 4) is 17.2 Å². The molecule has 1 aromatic rings. The summed E-state index contributed by atoms with van der Waals surface area (Å²) in [7, 11) is 2.14. The number of phenols is 1. The molecule has 0 bridgehead atoms. The van der Waals surface area contributed by atoms with Gasteiger partial charge in [-0.3, -0.25) is 0 Å². The molecule has 0 saturated carbocycles. The zero-order valence-corrected chi connectivity index (χ0v) is 11.2. The van der Waals surface area contributed by atoms with Crippen LogP contribution < -0.4 is 14.8 Å². The lowest BCUT2D eigenvalue weighted by Crippen LogP contribution is -2.43. The molecule has 19 heavy (non-hydrogen) atoms. The Morgan fingerprint density at radius 1 is 1.37 bits per heavy atom. The zero-order valence-electron chi connectivity index (χ0n) is 11.2. The number of piperidine rings is 1. The molecule has 0 aromatic heterocycles. The largest absolute Gasteiger partial charge is 0.507 e. The van der Waals surface area contributed by atoms with Crippen molar-refractivity contribution in [1.82, 2.24) is 10.2 Å². The molecule has 2 heterocycles. The molecule has 1 unspecified atom stereocenters. The van der Waals surface area contributed by atoms with Crippen molar-refractivity contribution in [1.29, 1.82) is 0 Å². The molecule has 1 saturated heterocycles. The van der Waals surface area contributed by atoms with Crippen LogP contribution in [0.3, 0.4) is 0 Å². The van der Waals surface area contributed by atoms with E-state index in [0.29, 0.717) is 18.3 Å². The van der Waals surface area contributed by atoms with Gasteiger partial charge in [0.15, 0.2) is 11.5 Å². The second kappa shape index (κ2) is 5.27. The smallest absolute Gasteiger partial charge is 0.231 e. The Kier molecular flexibility index (Phi) is 3.48. The molecule has 1 atom stereocenters. The quantitative estimate of drug-likeness (QED) is 0.862. The lowest BCUT2D eigenvalue weighted by molar-refractivity contribution is 0.174. The molecule has 0 amide bonds. The predicted octanol–water partition coefficient (Wildman–Crippen LogP) is 1.30. The molecular formula is C14H20N2O3. The number of hydrogen-bond acceptors (Lipinski definition) is 5. The number of nitrogens with zero attached hydrogens (tertiary/aromatic N) is 1. The highest BCUT2D eigenvalue weighted by Gasteiger charge is 2.19. The Bertz CT molecular complexity index is 464. The van der Waals surface area contributed by atoms with Gasteiger partial charge < -0.3 is 24.8 Å². The van der Waals surface area contributed by atoms with Gasteiger partial charge in [-0.1, -0.05) is 0 Å². The number of phenolic OH excluding ortho intramolecular Hbond substituents is 1. The Morgan fingerprint density at radius 2 is 2.16 bits per heavy atom. The van der Waals surface area contributed by atoms with E-state index < -0.39 is 0 Å². The van der Waals surface area contributed by atoms with Crippen molar-refractivity contribution in [2.24, 2.45) is 0 Å². The first-order chi connectivity index (χ1) is 9.22. The van der Waals surface area contributed by atoms with E-state index in [1.165, 1.54) is 19.4 Å². The van der Waals surface area contributed by atoms with Gasteiger partial charge in [-0.05, 0) is 32.5 Å². The minimum Gasteiger partial charge on any atom is -0.507 e. The van der Waals surface area contributed by atoms with E-state index in [-0.39, 0.29) is 12.5 Å². The van der Waals surface area contributed by atoms with Gasteiger partial charge in [0.2, 0.25) is 6.79 Å². The molecule has 5 heteroatoms. The topological polar surface area (TPSA) is 54.0 Å². The molecule has 0 aliphatic carbocycles. The van der Waals surface area contributed by atoms with E-state index in [1.807, 2.05) is 6.07 Å². The van der Waals surface area contributed by atoms with E-state index in [4.69, 9.17) is 9.47 Å². The molecule has 2 N–H and O–H groups in total. The lowest BCUT2D eigenvalue weighted by atomic mass is 10.1. The average molecular weight is 264 g/mol. The second-order valence-electron chi connectivity index (χ2n) is 5.32. The SMILES string of the molecule is CN1CCCC(NCc2cc3c(cc2O)OCO3)C1. The van der Waals surface area contributed by atoms with E-state index in [9.17, 15) is 5.11 Å². The second-order valence-corrected chi connectivity index (χ2v) is 5.32. The third-order valence-corrected chi connectivity index (χ3v) is 3.78. The van der Waals surface area contributed by atoms with Gasteiger partial charge in [0.05, 0.1) is 0 Å². The summed E-state index contributed by atoms with van der Waals surface area (Å²) in [4.78, 5) is 2.33. The first-order valence-corrected chi connectivity index (χ1v) is 6.76. The minimum absolute atomic E-state index is 0.235. The van der Waals surface area contributed by atoms with Gasteiger partial charge in [0.1, 0.15) is 5.75 Å². The molecule has 3 rings (SSSR count). The molecule has 5 nitrogen and oxygen atoms in total. The van der Waals surface area contributed by atoms with Crippen LogP contribution in [0.2, 0.25) is 0 Å². The summed E-state index contributed by atoms with van der Waals surface area (Å²) in [5, 5.41) is 13.5. The van der Waals surface area contributed by atoms with Crippen LogP contribution in [0.5, 0.6) is 17.2 Å². The van der Waals surface area contributed by atoms with Crippen LogP contribution in [-0.2, 0) is 6.54 Å². The highest BCUT2D eigenvalue weighted by atomic mass is 16.7. The van der Waals surface area contributed by atoms with Gasteiger partial charge in [-0.2, -0.15) is 0 Å². The monoisotopic (exact) mass is 264 g/mol. The maximum Gasteiger partial charge on any atom is 0.231 e. The first kappa shape index (κ1) is 12.6. The summed E-state index contributed by atoms with van der Waals surface area (Å²) < 4.78 is 10.6. The molecule has 2 aliphatic heterocycles. The standard InChI is InChI=1S/C14H20N2O3/c1-16-4-2-3-11(8-16)15-7-10-5-13-14(6-12(10)17)19-9-18-13/h5-6,11,15,17H,2-4,7-9H2,1H3. The van der Waals surface area contributed by atoms with Crippen LogP contribution in [0.4, 0.5) is 0 Å². The highest BCUT2D eigenvalue weighted by Crippen LogP contribution is 2.37. The first-order valence-electron chi connectivity index (χ1n) is 6.76. The molecule has 0 spiro atoms. The van der Waals surface area contributed by atoms with Crippen LogP contribution in [0.15, 0.2) is 12.1 Å². The lowest BCUT2D eigenvalue weighted by Gasteiger charge is -2.30. The van der Waals surface area contributed by atoms with Gasteiger partial charge in [0, 0.05) is 30.8 Å². The van der Waals surface area contributed by atoms with Gasteiger partial charge in [-0.15, -0.1) is 0 Å². The van der Waals surface area contributed by atoms with E-state index >= 15 is 0 Å². The number of ether oxygens (including phenoxy) is 2. The number of aromatic hydroxyl groups is 1. The number of benzene rings is 1. The Hall–Kier alpha value is -1.46. The molecule has 104 valence electrons. The van der Waals surface area contributed by atoms with Crippen molar-refractivity contribution in [2.75, 3.05) is 26.9 Å². The van der Waals surface area contributed by atoms with E-state index in [2.05, 4.69) is 17.3 Å². The van der Waals surface area contributed by atoms with Crippen LogP contribution in [0.25, 0.3) is 0 Å². The number of fused-ring (bicyclic) bond motifs is 1. The van der Waals surface area contributed by atoms with Crippen molar-refractivity contribution >= 4 is 0 Å². The third kappa shape index (κ3) is 2.77. The summed E-state index contributed by atoms with van der Waals surface area (Å²) in [6, 6.07) is 3.98. The van der Waals surface area contributed by atoms with Crippen molar-refractivity contribution in [3.63, 3.8) is 0 Å². The van der Waals surface area contributed by atoms with Crippen molar-refractivity contribution in [3.05, 3.63) is 17.7 Å². The fourth-order valence-electron chi connectivity index (χ4n) is 2.70. The van der Waals surface area contributed by atoms with Gasteiger partial charge in [-0.25, -0.2) is 0 Å². The molecule has 1 fully saturated rings. The summed E-state index contributed by atoms with van der Waals surface area (Å²) in [6.45, 7) is 3.12.